The SMILES string of the molecule is C=CCN1[C@H]2CC[C@@](c3cc(F)ccc3F)(S(=O)(=O)c3ccc(C(F)(F)F)cc3)C[C@H]2C[C@@H](C(C)C)[S+]1[O-]. The van der Waals surface area contributed by atoms with Crippen molar-refractivity contribution >= 4 is 21.2 Å². The average molecular weight is 576 g/mol. The van der Waals surface area contributed by atoms with Crippen LogP contribution >= 0.6 is 0 Å². The van der Waals surface area contributed by atoms with Crippen LogP contribution in [-0.2, 0) is 32.1 Å². The second-order valence-corrected chi connectivity index (χ2v) is 14.3. The molecule has 2 aliphatic rings. The van der Waals surface area contributed by atoms with Gasteiger partial charge in [-0.05, 0) is 67.6 Å². The number of halogens is 5. The lowest BCUT2D eigenvalue weighted by molar-refractivity contribution is -0.137. The number of hydrogen-bond acceptors (Lipinski definition) is 4. The molecule has 11 heteroatoms. The molecule has 1 aliphatic carbocycles. The van der Waals surface area contributed by atoms with Crippen molar-refractivity contribution in [2.75, 3.05) is 6.54 Å². The molecular formula is C27H30F5NO3S2. The van der Waals surface area contributed by atoms with Gasteiger partial charge >= 0.3 is 6.18 Å². The zero-order valence-corrected chi connectivity index (χ0v) is 22.7. The fourth-order valence-electron chi connectivity index (χ4n) is 5.96. The van der Waals surface area contributed by atoms with Gasteiger partial charge in [-0.2, -0.15) is 13.2 Å². The Labute approximate surface area is 223 Å². The molecule has 2 aromatic carbocycles. The van der Waals surface area contributed by atoms with E-state index in [1.54, 1.807) is 6.08 Å². The summed E-state index contributed by atoms with van der Waals surface area (Å²) in [4.78, 5) is -0.393. The first-order valence-electron chi connectivity index (χ1n) is 12.4. The number of sulfone groups is 1. The first kappa shape index (κ1) is 29.0. The summed E-state index contributed by atoms with van der Waals surface area (Å²) in [5.74, 6) is -2.04. The molecule has 0 N–H and O–H groups in total. The van der Waals surface area contributed by atoms with Crippen molar-refractivity contribution in [3.63, 3.8) is 0 Å². The predicted octanol–water partition coefficient (Wildman–Crippen LogP) is 6.40. The molecule has 1 saturated heterocycles. The molecule has 2 fully saturated rings. The molecule has 0 aromatic heterocycles. The van der Waals surface area contributed by atoms with Crippen LogP contribution in [0.5, 0.6) is 0 Å². The molecule has 0 amide bonds. The van der Waals surface area contributed by atoms with Crippen molar-refractivity contribution in [1.29, 1.82) is 0 Å². The van der Waals surface area contributed by atoms with E-state index in [0.29, 0.717) is 25.1 Å². The molecule has 0 spiro atoms. The maximum atomic E-state index is 15.3. The van der Waals surface area contributed by atoms with Crippen molar-refractivity contribution < 1.29 is 34.9 Å². The lowest BCUT2D eigenvalue weighted by Gasteiger charge is -2.51. The number of nitrogens with zero attached hydrogens (tertiary/aromatic N) is 1. The van der Waals surface area contributed by atoms with Gasteiger partial charge in [-0.1, -0.05) is 19.9 Å². The monoisotopic (exact) mass is 575 g/mol. The third-order valence-electron chi connectivity index (χ3n) is 7.85. The Bertz CT molecular complexity index is 1280. The van der Waals surface area contributed by atoms with Crippen LogP contribution in [0, 0.1) is 23.5 Å². The van der Waals surface area contributed by atoms with E-state index in [2.05, 4.69) is 6.58 Å². The van der Waals surface area contributed by atoms with Crippen LogP contribution in [0.3, 0.4) is 0 Å². The van der Waals surface area contributed by atoms with Gasteiger partial charge < -0.3 is 4.55 Å². The fourth-order valence-corrected chi connectivity index (χ4v) is 10.2. The van der Waals surface area contributed by atoms with Gasteiger partial charge in [0.15, 0.2) is 9.84 Å². The molecule has 4 nitrogen and oxygen atoms in total. The standard InChI is InChI=1S/C27H30F5NO3S2/c1-4-13-33-24-11-12-26(22-15-20(28)7-10-23(22)29,16-18(24)14-25(17(2)3)37(33)34)38(35,36)21-8-5-19(6-9-21)27(30,31)32/h4-10,15,17-18,24-25H,1,11-14,16H2,2-3H3/t18-,24+,25+,26-,37?/m1/s1. The van der Waals surface area contributed by atoms with Gasteiger partial charge in [-0.25, -0.2) is 17.2 Å². The number of fused-ring (bicyclic) bond motifs is 1. The number of alkyl halides is 3. The predicted molar refractivity (Wildman–Crippen MR) is 136 cm³/mol. The van der Waals surface area contributed by atoms with Gasteiger partial charge in [-0.15, -0.1) is 10.9 Å². The van der Waals surface area contributed by atoms with Crippen molar-refractivity contribution in [3.8, 4) is 0 Å². The smallest absolute Gasteiger partial charge is 0.416 e. The van der Waals surface area contributed by atoms with Crippen molar-refractivity contribution in [1.82, 2.24) is 4.31 Å². The quantitative estimate of drug-likeness (QED) is 0.227. The largest absolute Gasteiger partial charge is 0.598 e. The van der Waals surface area contributed by atoms with Crippen LogP contribution in [-0.4, -0.2) is 35.1 Å². The number of benzene rings is 2. The highest BCUT2D eigenvalue weighted by Crippen LogP contribution is 2.54. The number of rotatable bonds is 6. The molecule has 0 radical (unpaired) electrons. The highest BCUT2D eigenvalue weighted by atomic mass is 32.2. The minimum absolute atomic E-state index is 0.0119. The van der Waals surface area contributed by atoms with Crippen molar-refractivity contribution in [2.45, 2.75) is 66.6 Å². The highest BCUT2D eigenvalue weighted by molar-refractivity contribution is 7.92. The summed E-state index contributed by atoms with van der Waals surface area (Å²) in [6.45, 7) is 7.93. The number of hydrogen-bond donors (Lipinski definition) is 0. The third-order valence-corrected chi connectivity index (χ3v) is 12.5. The third kappa shape index (κ3) is 5.02. The molecule has 5 atom stereocenters. The molecule has 4 rings (SSSR count). The lowest BCUT2D eigenvalue weighted by atomic mass is 9.71. The summed E-state index contributed by atoms with van der Waals surface area (Å²) in [5.41, 5.74) is -1.35. The normalized spacial score (nSPS) is 28.8. The van der Waals surface area contributed by atoms with Gasteiger partial charge in [-0.3, -0.25) is 0 Å². The van der Waals surface area contributed by atoms with E-state index in [-0.39, 0.29) is 48.0 Å². The highest BCUT2D eigenvalue weighted by Gasteiger charge is 2.58. The van der Waals surface area contributed by atoms with Gasteiger partial charge in [0.2, 0.25) is 0 Å². The Morgan fingerprint density at radius 2 is 1.84 bits per heavy atom. The van der Waals surface area contributed by atoms with E-state index < -0.39 is 54.2 Å². The molecule has 1 unspecified atom stereocenters. The molecule has 1 aliphatic heterocycles. The second kappa shape index (κ2) is 10.6. The maximum Gasteiger partial charge on any atom is 0.416 e. The van der Waals surface area contributed by atoms with Crippen molar-refractivity contribution in [2.24, 2.45) is 11.8 Å². The second-order valence-electron chi connectivity index (χ2n) is 10.4. The van der Waals surface area contributed by atoms with Crippen LogP contribution in [0.15, 0.2) is 60.0 Å². The first-order valence-corrected chi connectivity index (χ1v) is 15.0. The molecule has 0 bridgehead atoms. The average Bonchev–Trinajstić information content (AvgIpc) is 2.86. The Kier molecular flexibility index (Phi) is 8.07. The summed E-state index contributed by atoms with van der Waals surface area (Å²) in [7, 11) is -4.50. The zero-order valence-electron chi connectivity index (χ0n) is 21.0. The van der Waals surface area contributed by atoms with E-state index in [9.17, 15) is 30.5 Å². The van der Waals surface area contributed by atoms with Gasteiger partial charge in [0.1, 0.15) is 21.6 Å². The topological polar surface area (TPSA) is 60.4 Å². The molecule has 38 heavy (non-hydrogen) atoms. The van der Waals surface area contributed by atoms with Crippen LogP contribution in [0.1, 0.15) is 50.7 Å². The summed E-state index contributed by atoms with van der Waals surface area (Å²) in [6, 6.07) is 5.48. The molecule has 2 aromatic rings. The minimum atomic E-state index is -4.66. The van der Waals surface area contributed by atoms with E-state index >= 15 is 4.39 Å². The first-order chi connectivity index (χ1) is 17.7. The summed E-state index contributed by atoms with van der Waals surface area (Å²) in [6.07, 6.45) is -2.59. The summed E-state index contributed by atoms with van der Waals surface area (Å²) >= 11 is -1.34. The van der Waals surface area contributed by atoms with Gasteiger partial charge in [0.05, 0.1) is 23.0 Å². The van der Waals surface area contributed by atoms with Crippen LogP contribution < -0.4 is 0 Å². The molecule has 1 heterocycles. The lowest BCUT2D eigenvalue weighted by Crippen LogP contribution is -2.59. The molecular weight excluding hydrogens is 545 g/mol. The van der Waals surface area contributed by atoms with Gasteiger partial charge in [0, 0.05) is 29.3 Å². The molecule has 208 valence electrons. The summed E-state index contributed by atoms with van der Waals surface area (Å²) < 4.78 is 111. The van der Waals surface area contributed by atoms with Crippen molar-refractivity contribution in [3.05, 3.63) is 77.9 Å². The van der Waals surface area contributed by atoms with E-state index in [1.807, 2.05) is 18.2 Å². The maximum absolute atomic E-state index is 15.3. The Morgan fingerprint density at radius 3 is 2.42 bits per heavy atom. The van der Waals surface area contributed by atoms with E-state index in [4.69, 9.17) is 0 Å². The van der Waals surface area contributed by atoms with Crippen LogP contribution in [0.4, 0.5) is 22.0 Å². The van der Waals surface area contributed by atoms with Crippen LogP contribution in [0.2, 0.25) is 0 Å². The Morgan fingerprint density at radius 1 is 1.18 bits per heavy atom. The van der Waals surface area contributed by atoms with E-state index in [0.717, 1.165) is 30.3 Å². The van der Waals surface area contributed by atoms with Crippen LogP contribution in [0.25, 0.3) is 0 Å². The Balaban J connectivity index is 1.86. The molecule has 1 saturated carbocycles. The summed E-state index contributed by atoms with van der Waals surface area (Å²) in [5, 5.41) is -0.280. The Hall–Kier alpha value is -1.95. The van der Waals surface area contributed by atoms with E-state index in [1.165, 1.54) is 0 Å². The zero-order chi connectivity index (χ0) is 28.0. The van der Waals surface area contributed by atoms with Gasteiger partial charge in [0.25, 0.3) is 0 Å². The fraction of sp³-hybridized carbons (Fsp3) is 0.481. The minimum Gasteiger partial charge on any atom is -0.598 e.